The Balaban J connectivity index is 0.000000172. The molecule has 2 aromatic rings. The smallest absolute Gasteiger partial charge is 0.256 e. The summed E-state index contributed by atoms with van der Waals surface area (Å²) in [6.45, 7) is 3.65. The Hall–Kier alpha value is -1.84. The Morgan fingerprint density at radius 1 is 1.09 bits per heavy atom. The van der Waals surface area contributed by atoms with E-state index in [0.717, 1.165) is 16.8 Å². The molecule has 0 spiro atoms. The third kappa shape index (κ3) is 3.87. The van der Waals surface area contributed by atoms with Crippen LogP contribution in [-0.2, 0) is 4.79 Å². The molecule has 1 aliphatic heterocycles. The summed E-state index contributed by atoms with van der Waals surface area (Å²) in [5.74, 6) is -0.334. The molecule has 0 fully saturated rings. The van der Waals surface area contributed by atoms with Crippen LogP contribution >= 0.6 is 23.2 Å². The first-order chi connectivity index (χ1) is 10.4. The van der Waals surface area contributed by atoms with Crippen LogP contribution in [0.15, 0.2) is 42.5 Å². The van der Waals surface area contributed by atoms with Gasteiger partial charge in [-0.15, -0.1) is 0 Å². The monoisotopic (exact) mass is 337 g/mol. The van der Waals surface area contributed by atoms with E-state index in [0.29, 0.717) is 15.6 Å². The number of amides is 1. The molecule has 0 unspecified atom stereocenters. The lowest BCUT2D eigenvalue weighted by Crippen LogP contribution is -2.03. The average Bonchev–Trinajstić information content (AvgIpc) is 2.71. The summed E-state index contributed by atoms with van der Waals surface area (Å²) in [5, 5.41) is 3.83. The summed E-state index contributed by atoms with van der Waals surface area (Å²) in [5.41, 5.74) is 3.29. The van der Waals surface area contributed by atoms with Crippen LogP contribution in [0.25, 0.3) is 5.57 Å². The van der Waals surface area contributed by atoms with Gasteiger partial charge in [-0.1, -0.05) is 35.3 Å². The normalized spacial score (nSPS) is 14.2. The predicted molar refractivity (Wildman–Crippen MR) is 89.9 cm³/mol. The molecule has 0 radical (unpaired) electrons. The van der Waals surface area contributed by atoms with Gasteiger partial charge in [-0.05, 0) is 49.7 Å². The van der Waals surface area contributed by atoms with Crippen LogP contribution < -0.4 is 5.32 Å². The van der Waals surface area contributed by atoms with Crippen molar-refractivity contribution in [3.05, 3.63) is 69.5 Å². The molecule has 22 heavy (non-hydrogen) atoms. The fourth-order valence-electron chi connectivity index (χ4n) is 2.15. The molecular weight excluding hydrogens is 324 g/mol. The summed E-state index contributed by atoms with van der Waals surface area (Å²) in [6, 6.07) is 9.82. The lowest BCUT2D eigenvalue weighted by atomic mass is 10.1. The highest BCUT2D eigenvalue weighted by Crippen LogP contribution is 2.33. The van der Waals surface area contributed by atoms with Gasteiger partial charge < -0.3 is 5.32 Å². The third-order valence-electron chi connectivity index (χ3n) is 3.06. The Labute approximate surface area is 138 Å². The van der Waals surface area contributed by atoms with Crippen molar-refractivity contribution in [2.45, 2.75) is 13.8 Å². The number of allylic oxidation sites excluding steroid dienone is 1. The molecule has 1 heterocycles. The Morgan fingerprint density at radius 2 is 1.82 bits per heavy atom. The van der Waals surface area contributed by atoms with Crippen molar-refractivity contribution in [1.82, 2.24) is 0 Å². The van der Waals surface area contributed by atoms with Gasteiger partial charge in [0, 0.05) is 21.2 Å². The fourth-order valence-corrected chi connectivity index (χ4v) is 2.59. The molecular formula is C17H14Cl2FNO. The maximum Gasteiger partial charge on any atom is 0.256 e. The molecule has 3 rings (SSSR count). The molecule has 0 bridgehead atoms. The molecule has 114 valence electrons. The number of nitrogens with one attached hydrogen (secondary N) is 1. The molecule has 0 saturated carbocycles. The van der Waals surface area contributed by atoms with Crippen molar-refractivity contribution in [3.63, 3.8) is 0 Å². The van der Waals surface area contributed by atoms with E-state index in [-0.39, 0.29) is 11.7 Å². The molecule has 0 atom stereocenters. The van der Waals surface area contributed by atoms with E-state index in [1.54, 1.807) is 31.2 Å². The van der Waals surface area contributed by atoms with Crippen LogP contribution in [0.1, 0.15) is 18.1 Å². The van der Waals surface area contributed by atoms with Crippen LogP contribution in [0.4, 0.5) is 10.1 Å². The zero-order chi connectivity index (χ0) is 16.3. The molecule has 5 heteroatoms. The highest BCUT2D eigenvalue weighted by molar-refractivity contribution is 6.34. The van der Waals surface area contributed by atoms with Gasteiger partial charge in [-0.2, -0.15) is 0 Å². The predicted octanol–water partition coefficient (Wildman–Crippen LogP) is 5.48. The molecule has 0 aromatic heterocycles. The number of aryl methyl sites for hydroxylation is 1. The van der Waals surface area contributed by atoms with Gasteiger partial charge in [0.15, 0.2) is 0 Å². The number of hydrogen-bond acceptors (Lipinski definition) is 1. The van der Waals surface area contributed by atoms with E-state index in [9.17, 15) is 9.18 Å². The first-order valence-electron chi connectivity index (χ1n) is 6.61. The quantitative estimate of drug-likeness (QED) is 0.633. The Bertz CT molecular complexity index is 706. The Morgan fingerprint density at radius 3 is 2.41 bits per heavy atom. The zero-order valence-electron chi connectivity index (χ0n) is 12.1. The van der Waals surface area contributed by atoms with Gasteiger partial charge in [-0.25, -0.2) is 4.39 Å². The SMILES string of the molecule is C/C=C1/C(=O)Nc2cc(Cl)ccc21.Cc1cc(F)cc(Cl)c1. The van der Waals surface area contributed by atoms with Crippen LogP contribution in [0, 0.1) is 12.7 Å². The first kappa shape index (κ1) is 16.5. The highest BCUT2D eigenvalue weighted by Gasteiger charge is 2.22. The minimum absolute atomic E-state index is 0.0558. The van der Waals surface area contributed by atoms with Gasteiger partial charge in [0.25, 0.3) is 5.91 Å². The number of rotatable bonds is 0. The van der Waals surface area contributed by atoms with E-state index in [1.165, 1.54) is 12.1 Å². The number of carbonyl (C=O) groups excluding carboxylic acids is 1. The van der Waals surface area contributed by atoms with E-state index in [4.69, 9.17) is 23.2 Å². The zero-order valence-corrected chi connectivity index (χ0v) is 13.6. The van der Waals surface area contributed by atoms with Gasteiger partial charge >= 0.3 is 0 Å². The van der Waals surface area contributed by atoms with Gasteiger partial charge in [0.05, 0.1) is 5.69 Å². The second kappa shape index (κ2) is 6.95. The van der Waals surface area contributed by atoms with Crippen molar-refractivity contribution in [2.24, 2.45) is 0 Å². The summed E-state index contributed by atoms with van der Waals surface area (Å²) in [6.07, 6.45) is 1.80. The molecule has 2 nitrogen and oxygen atoms in total. The lowest BCUT2D eigenvalue weighted by Gasteiger charge is -1.97. The lowest BCUT2D eigenvalue weighted by molar-refractivity contribution is -0.110. The first-order valence-corrected chi connectivity index (χ1v) is 7.36. The minimum Gasteiger partial charge on any atom is -0.321 e. The maximum absolute atomic E-state index is 12.3. The van der Waals surface area contributed by atoms with Crippen molar-refractivity contribution >= 4 is 40.4 Å². The van der Waals surface area contributed by atoms with E-state index in [2.05, 4.69) is 5.32 Å². The van der Waals surface area contributed by atoms with E-state index < -0.39 is 0 Å². The van der Waals surface area contributed by atoms with Crippen molar-refractivity contribution in [1.29, 1.82) is 0 Å². The van der Waals surface area contributed by atoms with Crippen molar-refractivity contribution in [3.8, 4) is 0 Å². The van der Waals surface area contributed by atoms with Crippen molar-refractivity contribution < 1.29 is 9.18 Å². The number of carbonyl (C=O) groups is 1. The number of fused-ring (bicyclic) bond motifs is 1. The van der Waals surface area contributed by atoms with E-state index >= 15 is 0 Å². The third-order valence-corrected chi connectivity index (χ3v) is 3.51. The van der Waals surface area contributed by atoms with Crippen molar-refractivity contribution in [2.75, 3.05) is 5.32 Å². The molecule has 1 amide bonds. The molecule has 0 saturated heterocycles. The summed E-state index contributed by atoms with van der Waals surface area (Å²) < 4.78 is 12.3. The minimum atomic E-state index is -0.278. The maximum atomic E-state index is 12.3. The molecule has 0 aliphatic carbocycles. The second-order valence-corrected chi connectivity index (χ2v) is 5.67. The Kier molecular flexibility index (Phi) is 5.22. The number of benzene rings is 2. The summed E-state index contributed by atoms with van der Waals surface area (Å²) in [4.78, 5) is 11.4. The van der Waals surface area contributed by atoms with Gasteiger partial charge in [0.2, 0.25) is 0 Å². The van der Waals surface area contributed by atoms with E-state index in [1.807, 2.05) is 13.0 Å². The van der Waals surface area contributed by atoms with Gasteiger partial charge in [-0.3, -0.25) is 4.79 Å². The number of anilines is 1. The molecule has 1 N–H and O–H groups in total. The average molecular weight is 338 g/mol. The number of hydrogen-bond donors (Lipinski definition) is 1. The van der Waals surface area contributed by atoms with Crippen LogP contribution in [0.5, 0.6) is 0 Å². The van der Waals surface area contributed by atoms with Crippen LogP contribution in [0.3, 0.4) is 0 Å². The highest BCUT2D eigenvalue weighted by atomic mass is 35.5. The molecule has 2 aromatic carbocycles. The van der Waals surface area contributed by atoms with Crippen LogP contribution in [-0.4, -0.2) is 5.91 Å². The largest absolute Gasteiger partial charge is 0.321 e. The number of halogens is 3. The van der Waals surface area contributed by atoms with Crippen LogP contribution in [0.2, 0.25) is 10.0 Å². The standard InChI is InChI=1S/C10H8ClNO.C7H6ClF/c1-2-7-8-4-3-6(11)5-9(8)12-10(7)13;1-5-2-6(8)4-7(9)3-5/h2-5H,1H3,(H,12,13);2-4H,1H3/b7-2+;. The molecule has 1 aliphatic rings. The summed E-state index contributed by atoms with van der Waals surface area (Å²) in [7, 11) is 0. The summed E-state index contributed by atoms with van der Waals surface area (Å²) >= 11 is 11.3. The fraction of sp³-hybridized carbons (Fsp3) is 0.118. The van der Waals surface area contributed by atoms with Gasteiger partial charge in [0.1, 0.15) is 5.82 Å². The second-order valence-electron chi connectivity index (χ2n) is 4.79. The topological polar surface area (TPSA) is 29.1 Å².